The number of piperidine rings is 1. The summed E-state index contributed by atoms with van der Waals surface area (Å²) >= 11 is 0. The van der Waals surface area contributed by atoms with Gasteiger partial charge in [-0.2, -0.15) is 0 Å². The molecule has 1 N–H and O–H groups in total. The molecule has 100 valence electrons. The lowest BCUT2D eigenvalue weighted by molar-refractivity contribution is -0.135. The summed E-state index contributed by atoms with van der Waals surface area (Å²) in [6.45, 7) is 11.4. The molecule has 0 saturated carbocycles. The minimum absolute atomic E-state index is 0.147. The van der Waals surface area contributed by atoms with Gasteiger partial charge in [0.2, 0.25) is 5.91 Å². The van der Waals surface area contributed by atoms with Gasteiger partial charge in [0.15, 0.2) is 0 Å². The Labute approximate surface area is 106 Å². The average Bonchev–Trinajstić information content (AvgIpc) is 2.28. The third kappa shape index (κ3) is 5.07. The second-order valence-corrected chi connectivity index (χ2v) is 5.82. The van der Waals surface area contributed by atoms with E-state index in [2.05, 4.69) is 19.2 Å². The molecular weight excluding hydrogens is 212 g/mol. The standard InChI is InChI=1S/C14H28N2O/c1-11(2)14(17)16-9-6-13(7-10-16)5-8-15-12(3)4/h11-13,15H,5-10H2,1-4H3. The summed E-state index contributed by atoms with van der Waals surface area (Å²) in [5, 5.41) is 3.46. The highest BCUT2D eigenvalue weighted by atomic mass is 16.2. The van der Waals surface area contributed by atoms with E-state index in [1.54, 1.807) is 0 Å². The summed E-state index contributed by atoms with van der Waals surface area (Å²) in [5.41, 5.74) is 0. The van der Waals surface area contributed by atoms with Crippen LogP contribution in [0.5, 0.6) is 0 Å². The SMILES string of the molecule is CC(C)NCCC1CCN(C(=O)C(C)C)CC1. The Bertz CT molecular complexity index is 230. The minimum Gasteiger partial charge on any atom is -0.342 e. The van der Waals surface area contributed by atoms with Crippen molar-refractivity contribution in [2.75, 3.05) is 19.6 Å². The van der Waals surface area contributed by atoms with E-state index in [9.17, 15) is 4.79 Å². The molecule has 0 spiro atoms. The zero-order valence-electron chi connectivity index (χ0n) is 11.8. The van der Waals surface area contributed by atoms with E-state index in [0.29, 0.717) is 11.9 Å². The van der Waals surface area contributed by atoms with Gasteiger partial charge in [-0.05, 0) is 31.7 Å². The normalized spacial score (nSPS) is 18.1. The van der Waals surface area contributed by atoms with Crippen LogP contribution in [0.15, 0.2) is 0 Å². The molecule has 0 aromatic carbocycles. The van der Waals surface area contributed by atoms with Crippen LogP contribution in [0.25, 0.3) is 0 Å². The molecule has 3 heteroatoms. The van der Waals surface area contributed by atoms with E-state index < -0.39 is 0 Å². The van der Waals surface area contributed by atoms with Crippen molar-refractivity contribution in [1.82, 2.24) is 10.2 Å². The molecule has 0 aliphatic carbocycles. The predicted molar refractivity (Wildman–Crippen MR) is 71.9 cm³/mol. The molecule has 1 amide bonds. The molecule has 0 aromatic heterocycles. The van der Waals surface area contributed by atoms with Crippen LogP contribution >= 0.6 is 0 Å². The monoisotopic (exact) mass is 240 g/mol. The first kappa shape index (κ1) is 14.5. The second kappa shape index (κ2) is 7.00. The zero-order chi connectivity index (χ0) is 12.8. The average molecular weight is 240 g/mol. The Balaban J connectivity index is 2.19. The molecule has 0 bridgehead atoms. The first-order chi connectivity index (χ1) is 8.00. The van der Waals surface area contributed by atoms with E-state index in [4.69, 9.17) is 0 Å². The summed E-state index contributed by atoms with van der Waals surface area (Å²) in [5.74, 6) is 1.27. The first-order valence-corrected chi connectivity index (χ1v) is 7.03. The Morgan fingerprint density at radius 3 is 2.29 bits per heavy atom. The van der Waals surface area contributed by atoms with Crippen LogP contribution in [0.2, 0.25) is 0 Å². The van der Waals surface area contributed by atoms with E-state index in [-0.39, 0.29) is 5.92 Å². The van der Waals surface area contributed by atoms with Gasteiger partial charge in [-0.1, -0.05) is 27.7 Å². The van der Waals surface area contributed by atoms with Crippen molar-refractivity contribution in [2.45, 2.75) is 53.0 Å². The summed E-state index contributed by atoms with van der Waals surface area (Å²) in [4.78, 5) is 13.9. The summed E-state index contributed by atoms with van der Waals surface area (Å²) < 4.78 is 0. The largest absolute Gasteiger partial charge is 0.342 e. The number of hydrogen-bond donors (Lipinski definition) is 1. The number of nitrogens with one attached hydrogen (secondary N) is 1. The van der Waals surface area contributed by atoms with Gasteiger partial charge in [-0.3, -0.25) is 4.79 Å². The Morgan fingerprint density at radius 1 is 1.24 bits per heavy atom. The number of hydrogen-bond acceptors (Lipinski definition) is 2. The molecule has 1 aliphatic rings. The maximum atomic E-state index is 11.8. The van der Waals surface area contributed by atoms with Crippen molar-refractivity contribution in [2.24, 2.45) is 11.8 Å². The van der Waals surface area contributed by atoms with Gasteiger partial charge >= 0.3 is 0 Å². The van der Waals surface area contributed by atoms with Crippen molar-refractivity contribution in [3.05, 3.63) is 0 Å². The fourth-order valence-corrected chi connectivity index (χ4v) is 2.38. The van der Waals surface area contributed by atoms with Gasteiger partial charge < -0.3 is 10.2 Å². The molecule has 3 nitrogen and oxygen atoms in total. The molecule has 0 unspecified atom stereocenters. The van der Waals surface area contributed by atoms with Crippen molar-refractivity contribution < 1.29 is 4.79 Å². The third-order valence-electron chi connectivity index (χ3n) is 3.53. The summed E-state index contributed by atoms with van der Waals surface area (Å²) in [7, 11) is 0. The smallest absolute Gasteiger partial charge is 0.225 e. The Hall–Kier alpha value is -0.570. The maximum Gasteiger partial charge on any atom is 0.225 e. The topological polar surface area (TPSA) is 32.3 Å². The van der Waals surface area contributed by atoms with E-state index in [1.807, 2.05) is 18.7 Å². The van der Waals surface area contributed by atoms with E-state index >= 15 is 0 Å². The van der Waals surface area contributed by atoms with Gasteiger partial charge in [0.25, 0.3) is 0 Å². The highest BCUT2D eigenvalue weighted by Crippen LogP contribution is 2.21. The molecule has 1 fully saturated rings. The minimum atomic E-state index is 0.147. The quantitative estimate of drug-likeness (QED) is 0.799. The number of amides is 1. The fourth-order valence-electron chi connectivity index (χ4n) is 2.38. The zero-order valence-corrected chi connectivity index (χ0v) is 11.8. The van der Waals surface area contributed by atoms with Crippen LogP contribution in [0, 0.1) is 11.8 Å². The van der Waals surface area contributed by atoms with Gasteiger partial charge in [0.05, 0.1) is 0 Å². The lowest BCUT2D eigenvalue weighted by Gasteiger charge is -2.33. The van der Waals surface area contributed by atoms with Crippen molar-refractivity contribution in [1.29, 1.82) is 0 Å². The van der Waals surface area contributed by atoms with E-state index in [0.717, 1.165) is 25.6 Å². The van der Waals surface area contributed by atoms with Crippen LogP contribution in [0.1, 0.15) is 47.0 Å². The van der Waals surface area contributed by atoms with Gasteiger partial charge in [0.1, 0.15) is 0 Å². The number of rotatable bonds is 5. The van der Waals surface area contributed by atoms with Gasteiger partial charge in [-0.15, -0.1) is 0 Å². The summed E-state index contributed by atoms with van der Waals surface area (Å²) in [6.07, 6.45) is 3.61. The van der Waals surface area contributed by atoms with Crippen LogP contribution in [-0.4, -0.2) is 36.5 Å². The maximum absolute atomic E-state index is 11.8. The summed E-state index contributed by atoms with van der Waals surface area (Å²) in [6, 6.07) is 0.581. The Kier molecular flexibility index (Phi) is 5.96. The van der Waals surface area contributed by atoms with Crippen molar-refractivity contribution in [3.8, 4) is 0 Å². The fraction of sp³-hybridized carbons (Fsp3) is 0.929. The highest BCUT2D eigenvalue weighted by Gasteiger charge is 2.23. The lowest BCUT2D eigenvalue weighted by Crippen LogP contribution is -2.41. The first-order valence-electron chi connectivity index (χ1n) is 7.03. The molecule has 0 atom stereocenters. The van der Waals surface area contributed by atoms with Gasteiger partial charge in [0, 0.05) is 25.0 Å². The highest BCUT2D eigenvalue weighted by molar-refractivity contribution is 5.78. The molecule has 1 heterocycles. The molecule has 1 aliphatic heterocycles. The second-order valence-electron chi connectivity index (χ2n) is 5.82. The molecule has 0 aromatic rings. The van der Waals surface area contributed by atoms with Crippen LogP contribution in [0.3, 0.4) is 0 Å². The Morgan fingerprint density at radius 2 is 1.82 bits per heavy atom. The van der Waals surface area contributed by atoms with Crippen LogP contribution in [-0.2, 0) is 4.79 Å². The number of likely N-dealkylation sites (tertiary alicyclic amines) is 1. The number of carbonyl (C=O) groups is 1. The third-order valence-corrected chi connectivity index (χ3v) is 3.53. The molecule has 1 saturated heterocycles. The number of carbonyl (C=O) groups excluding carboxylic acids is 1. The van der Waals surface area contributed by atoms with Gasteiger partial charge in [-0.25, -0.2) is 0 Å². The van der Waals surface area contributed by atoms with Crippen molar-refractivity contribution >= 4 is 5.91 Å². The lowest BCUT2D eigenvalue weighted by atomic mass is 9.93. The van der Waals surface area contributed by atoms with Crippen LogP contribution < -0.4 is 5.32 Å². The molecule has 1 rings (SSSR count). The van der Waals surface area contributed by atoms with Crippen molar-refractivity contribution in [3.63, 3.8) is 0 Å². The van der Waals surface area contributed by atoms with Crippen LogP contribution in [0.4, 0.5) is 0 Å². The molecule has 17 heavy (non-hydrogen) atoms. The predicted octanol–water partition coefficient (Wildman–Crippen LogP) is 2.27. The molecular formula is C14H28N2O. The molecule has 0 radical (unpaired) electrons. The van der Waals surface area contributed by atoms with E-state index in [1.165, 1.54) is 19.3 Å². The number of nitrogens with zero attached hydrogens (tertiary/aromatic N) is 1.